The van der Waals surface area contributed by atoms with Crippen molar-refractivity contribution in [2.45, 2.75) is 37.6 Å². The van der Waals surface area contributed by atoms with Gasteiger partial charge in [0, 0.05) is 18.0 Å². The Hall–Kier alpha value is -1.74. The summed E-state index contributed by atoms with van der Waals surface area (Å²) in [6.45, 7) is 0. The number of nitrogens with two attached hydrogens (primary N) is 1. The van der Waals surface area contributed by atoms with Crippen LogP contribution in [0.5, 0.6) is 0 Å². The molecule has 1 saturated carbocycles. The van der Waals surface area contributed by atoms with Gasteiger partial charge in [-0.25, -0.2) is 9.97 Å². The summed E-state index contributed by atoms with van der Waals surface area (Å²) in [6.07, 6.45) is 9.42. The first kappa shape index (κ1) is 12.3. The predicted octanol–water partition coefficient (Wildman–Crippen LogP) is 3.26. The van der Waals surface area contributed by atoms with Crippen molar-refractivity contribution >= 4 is 0 Å². The molecule has 0 aliphatic heterocycles. The van der Waals surface area contributed by atoms with Crippen LogP contribution in [0.25, 0.3) is 11.1 Å². The van der Waals surface area contributed by atoms with Crippen molar-refractivity contribution in [3.8, 4) is 11.1 Å². The van der Waals surface area contributed by atoms with Crippen LogP contribution >= 0.6 is 0 Å². The van der Waals surface area contributed by atoms with E-state index >= 15 is 0 Å². The topological polar surface area (TPSA) is 51.8 Å². The van der Waals surface area contributed by atoms with E-state index in [4.69, 9.17) is 5.73 Å². The standard InChI is InChI=1S/C16H19N3/c17-16(9-5-2-6-10-16)15-18-11-14(12-19-15)13-7-3-1-4-8-13/h1,3-4,7-8,11-12H,2,5-6,9-10,17H2. The summed E-state index contributed by atoms with van der Waals surface area (Å²) in [4.78, 5) is 9.03. The van der Waals surface area contributed by atoms with E-state index in [9.17, 15) is 0 Å². The van der Waals surface area contributed by atoms with E-state index in [1.165, 1.54) is 19.3 Å². The van der Waals surface area contributed by atoms with Crippen LogP contribution in [0.1, 0.15) is 37.9 Å². The van der Waals surface area contributed by atoms with E-state index in [1.54, 1.807) is 0 Å². The lowest BCUT2D eigenvalue weighted by atomic mass is 9.82. The normalized spacial score (nSPS) is 18.2. The van der Waals surface area contributed by atoms with Crippen LogP contribution in [0, 0.1) is 0 Å². The maximum atomic E-state index is 6.44. The first-order chi connectivity index (χ1) is 9.28. The van der Waals surface area contributed by atoms with Crippen LogP contribution in [0.4, 0.5) is 0 Å². The third kappa shape index (κ3) is 2.51. The average Bonchev–Trinajstić information content (AvgIpc) is 2.49. The lowest BCUT2D eigenvalue weighted by molar-refractivity contribution is 0.287. The molecule has 3 heteroatoms. The minimum atomic E-state index is -0.312. The second kappa shape index (κ2) is 5.10. The zero-order chi connectivity index (χ0) is 13.1. The summed E-state index contributed by atoms with van der Waals surface area (Å²) in [5.41, 5.74) is 8.32. The quantitative estimate of drug-likeness (QED) is 0.893. The van der Waals surface area contributed by atoms with Crippen molar-refractivity contribution in [1.82, 2.24) is 9.97 Å². The van der Waals surface area contributed by atoms with Crippen molar-refractivity contribution in [3.63, 3.8) is 0 Å². The fourth-order valence-electron chi connectivity index (χ4n) is 2.77. The van der Waals surface area contributed by atoms with Crippen molar-refractivity contribution in [1.29, 1.82) is 0 Å². The highest BCUT2D eigenvalue weighted by Crippen LogP contribution is 2.32. The van der Waals surface area contributed by atoms with Crippen LogP contribution in [0.15, 0.2) is 42.7 Å². The Morgan fingerprint density at radius 1 is 0.842 bits per heavy atom. The molecule has 0 spiro atoms. The summed E-state index contributed by atoms with van der Waals surface area (Å²) >= 11 is 0. The second-order valence-corrected chi connectivity index (χ2v) is 5.38. The Kier molecular flexibility index (Phi) is 3.30. The van der Waals surface area contributed by atoms with E-state index in [1.807, 2.05) is 30.6 Å². The van der Waals surface area contributed by atoms with Crippen LogP contribution in [-0.2, 0) is 5.54 Å². The summed E-state index contributed by atoms with van der Waals surface area (Å²) in [5.74, 6) is 0.798. The van der Waals surface area contributed by atoms with Gasteiger partial charge >= 0.3 is 0 Å². The first-order valence-electron chi connectivity index (χ1n) is 6.95. The lowest BCUT2D eigenvalue weighted by Gasteiger charge is -2.31. The molecule has 98 valence electrons. The number of nitrogens with zero attached hydrogens (tertiary/aromatic N) is 2. The summed E-state index contributed by atoms with van der Waals surface area (Å²) in [7, 11) is 0. The van der Waals surface area contributed by atoms with E-state index in [2.05, 4.69) is 22.1 Å². The molecule has 2 aromatic rings. The fraction of sp³-hybridized carbons (Fsp3) is 0.375. The van der Waals surface area contributed by atoms with Gasteiger partial charge in [-0.15, -0.1) is 0 Å². The summed E-state index contributed by atoms with van der Waals surface area (Å²) in [5, 5.41) is 0. The maximum absolute atomic E-state index is 6.44. The molecule has 2 N–H and O–H groups in total. The van der Waals surface area contributed by atoms with Gasteiger partial charge in [0.2, 0.25) is 0 Å². The summed E-state index contributed by atoms with van der Waals surface area (Å²) in [6, 6.07) is 10.2. The minimum Gasteiger partial charge on any atom is -0.319 e. The van der Waals surface area contributed by atoms with E-state index in [0.29, 0.717) is 0 Å². The third-order valence-electron chi connectivity index (χ3n) is 3.95. The highest BCUT2D eigenvalue weighted by atomic mass is 15.0. The molecule has 0 atom stereocenters. The molecule has 0 saturated heterocycles. The number of hydrogen-bond acceptors (Lipinski definition) is 3. The SMILES string of the molecule is NC1(c2ncc(-c3ccccc3)cn2)CCCCC1. The number of benzene rings is 1. The molecule has 3 rings (SSSR count). The van der Waals surface area contributed by atoms with Crippen molar-refractivity contribution < 1.29 is 0 Å². The molecule has 0 bridgehead atoms. The van der Waals surface area contributed by atoms with Crippen LogP contribution in [0.3, 0.4) is 0 Å². The Bertz CT molecular complexity index is 528. The molecule has 1 aliphatic rings. The monoisotopic (exact) mass is 253 g/mol. The maximum Gasteiger partial charge on any atom is 0.148 e. The molecular weight excluding hydrogens is 234 g/mol. The van der Waals surface area contributed by atoms with Gasteiger partial charge in [-0.1, -0.05) is 49.6 Å². The van der Waals surface area contributed by atoms with Crippen molar-refractivity contribution in [2.75, 3.05) is 0 Å². The number of hydrogen-bond donors (Lipinski definition) is 1. The van der Waals surface area contributed by atoms with E-state index < -0.39 is 0 Å². The van der Waals surface area contributed by atoms with Crippen molar-refractivity contribution in [2.24, 2.45) is 5.73 Å². The van der Waals surface area contributed by atoms with Crippen LogP contribution in [-0.4, -0.2) is 9.97 Å². The van der Waals surface area contributed by atoms with Gasteiger partial charge < -0.3 is 5.73 Å². The van der Waals surface area contributed by atoms with E-state index in [-0.39, 0.29) is 5.54 Å². The Labute approximate surface area is 113 Å². The predicted molar refractivity (Wildman–Crippen MR) is 76.4 cm³/mol. The molecule has 19 heavy (non-hydrogen) atoms. The van der Waals surface area contributed by atoms with Gasteiger partial charge in [-0.3, -0.25) is 0 Å². The molecule has 1 fully saturated rings. The molecule has 1 aromatic carbocycles. The van der Waals surface area contributed by atoms with Gasteiger partial charge in [-0.05, 0) is 18.4 Å². The Balaban J connectivity index is 1.87. The number of rotatable bonds is 2. The second-order valence-electron chi connectivity index (χ2n) is 5.38. The Morgan fingerprint density at radius 2 is 1.47 bits per heavy atom. The molecule has 3 nitrogen and oxygen atoms in total. The largest absolute Gasteiger partial charge is 0.319 e. The average molecular weight is 253 g/mol. The molecule has 0 unspecified atom stereocenters. The van der Waals surface area contributed by atoms with E-state index in [0.717, 1.165) is 29.8 Å². The van der Waals surface area contributed by atoms with Crippen molar-refractivity contribution in [3.05, 3.63) is 48.5 Å². The third-order valence-corrected chi connectivity index (χ3v) is 3.95. The van der Waals surface area contributed by atoms with Gasteiger partial charge in [-0.2, -0.15) is 0 Å². The fourth-order valence-corrected chi connectivity index (χ4v) is 2.77. The van der Waals surface area contributed by atoms with Crippen LogP contribution < -0.4 is 5.73 Å². The molecule has 0 radical (unpaired) electrons. The zero-order valence-electron chi connectivity index (χ0n) is 11.0. The Morgan fingerprint density at radius 3 is 2.11 bits per heavy atom. The van der Waals surface area contributed by atoms with Gasteiger partial charge in [0.1, 0.15) is 5.82 Å². The number of aromatic nitrogens is 2. The van der Waals surface area contributed by atoms with Gasteiger partial charge in [0.05, 0.1) is 5.54 Å². The summed E-state index contributed by atoms with van der Waals surface area (Å²) < 4.78 is 0. The molecule has 1 heterocycles. The zero-order valence-corrected chi connectivity index (χ0v) is 11.0. The molecule has 0 amide bonds. The highest BCUT2D eigenvalue weighted by molar-refractivity contribution is 5.61. The minimum absolute atomic E-state index is 0.312. The van der Waals surface area contributed by atoms with Gasteiger partial charge in [0.25, 0.3) is 0 Å². The first-order valence-corrected chi connectivity index (χ1v) is 6.95. The smallest absolute Gasteiger partial charge is 0.148 e. The van der Waals surface area contributed by atoms with Gasteiger partial charge in [0.15, 0.2) is 0 Å². The van der Waals surface area contributed by atoms with Crippen LogP contribution in [0.2, 0.25) is 0 Å². The molecular formula is C16H19N3. The lowest BCUT2D eigenvalue weighted by Crippen LogP contribution is -2.40. The molecule has 1 aliphatic carbocycles. The highest BCUT2D eigenvalue weighted by Gasteiger charge is 2.31. The molecule has 1 aromatic heterocycles.